The molecule has 0 amide bonds. The summed E-state index contributed by atoms with van der Waals surface area (Å²) >= 11 is 0. The van der Waals surface area contributed by atoms with Gasteiger partial charge < -0.3 is 19.8 Å². The maximum atomic E-state index is 12.5. The van der Waals surface area contributed by atoms with Gasteiger partial charge in [0.05, 0.1) is 5.69 Å². The lowest BCUT2D eigenvalue weighted by molar-refractivity contribution is -0.0504. The summed E-state index contributed by atoms with van der Waals surface area (Å²) in [5.41, 5.74) is 2.51. The van der Waals surface area contributed by atoms with E-state index in [9.17, 15) is 8.78 Å². The van der Waals surface area contributed by atoms with Gasteiger partial charge >= 0.3 is 6.61 Å². The minimum atomic E-state index is -2.85. The number of pyridine rings is 1. The van der Waals surface area contributed by atoms with Crippen molar-refractivity contribution in [2.24, 2.45) is 4.99 Å². The second-order valence-corrected chi connectivity index (χ2v) is 5.79. The van der Waals surface area contributed by atoms with Gasteiger partial charge in [-0.2, -0.15) is 8.78 Å². The normalized spacial score (nSPS) is 11.8. The summed E-state index contributed by atoms with van der Waals surface area (Å²) in [7, 11) is 1.65. The molecule has 0 aliphatic heterocycles. The lowest BCUT2D eigenvalue weighted by Gasteiger charge is -2.14. The average molecular weight is 373 g/mol. The molecule has 8 heteroatoms. The quantitative estimate of drug-likeness (QED) is 0.494. The number of ether oxygens (including phenoxy) is 1. The number of hydrogen-bond donors (Lipinski definition) is 2. The molecule has 1 aromatic carbocycles. The number of hydrogen-bond acceptors (Lipinski definition) is 3. The Morgan fingerprint density at radius 1 is 1.19 bits per heavy atom. The highest BCUT2D eigenvalue weighted by Gasteiger charge is 2.09. The standard InChI is InChI=1S/C19H21F2N5O/c1-22-19(24-12-14-6-2-3-7-16(14)27-18(20)21)23-10-9-15-13-26-11-5-4-8-17(26)25-15/h2-8,11,13,18H,9-10,12H2,1H3,(H2,22,23,24). The van der Waals surface area contributed by atoms with Crippen molar-refractivity contribution in [2.45, 2.75) is 19.6 Å². The predicted molar refractivity (Wildman–Crippen MR) is 100 cm³/mol. The van der Waals surface area contributed by atoms with Gasteiger partial charge in [0.25, 0.3) is 0 Å². The number of halogens is 2. The van der Waals surface area contributed by atoms with Crippen molar-refractivity contribution in [1.82, 2.24) is 20.0 Å². The summed E-state index contributed by atoms with van der Waals surface area (Å²) in [6.45, 7) is -1.90. The van der Waals surface area contributed by atoms with Gasteiger partial charge in [0, 0.05) is 44.5 Å². The topological polar surface area (TPSA) is 63.0 Å². The Morgan fingerprint density at radius 2 is 2.00 bits per heavy atom. The summed E-state index contributed by atoms with van der Waals surface area (Å²) in [5, 5.41) is 6.29. The summed E-state index contributed by atoms with van der Waals surface area (Å²) in [4.78, 5) is 8.69. The third-order valence-corrected chi connectivity index (χ3v) is 3.95. The van der Waals surface area contributed by atoms with Crippen LogP contribution in [0.4, 0.5) is 8.78 Å². The van der Waals surface area contributed by atoms with Crippen LogP contribution in [0.1, 0.15) is 11.3 Å². The summed E-state index contributed by atoms with van der Waals surface area (Å²) < 4.78 is 31.5. The van der Waals surface area contributed by atoms with E-state index in [1.807, 2.05) is 35.0 Å². The van der Waals surface area contributed by atoms with Gasteiger partial charge in [-0.25, -0.2) is 4.98 Å². The molecular formula is C19H21F2N5O. The lowest BCUT2D eigenvalue weighted by Crippen LogP contribution is -2.38. The summed E-state index contributed by atoms with van der Waals surface area (Å²) in [5.74, 6) is 0.728. The van der Waals surface area contributed by atoms with Crippen molar-refractivity contribution in [1.29, 1.82) is 0 Å². The molecule has 3 rings (SSSR count). The molecular weight excluding hydrogens is 352 g/mol. The fourth-order valence-electron chi connectivity index (χ4n) is 2.68. The Bertz CT molecular complexity index is 877. The third kappa shape index (κ3) is 5.16. The van der Waals surface area contributed by atoms with Crippen LogP contribution in [0.15, 0.2) is 59.9 Å². The van der Waals surface area contributed by atoms with E-state index in [0.717, 1.165) is 17.8 Å². The first-order valence-electron chi connectivity index (χ1n) is 8.55. The Morgan fingerprint density at radius 3 is 2.78 bits per heavy atom. The number of nitrogens with zero attached hydrogens (tertiary/aromatic N) is 3. The summed E-state index contributed by atoms with van der Waals surface area (Å²) in [6.07, 6.45) is 4.68. The van der Waals surface area contributed by atoms with Gasteiger partial charge in [0.2, 0.25) is 0 Å². The number of benzene rings is 1. The number of imidazole rings is 1. The van der Waals surface area contributed by atoms with E-state index in [1.165, 1.54) is 6.07 Å². The molecule has 6 nitrogen and oxygen atoms in total. The number of para-hydroxylation sites is 1. The first-order valence-corrected chi connectivity index (χ1v) is 8.55. The summed E-state index contributed by atoms with van der Waals surface area (Å²) in [6, 6.07) is 12.5. The fraction of sp³-hybridized carbons (Fsp3) is 0.263. The molecule has 0 aliphatic carbocycles. The van der Waals surface area contributed by atoms with Gasteiger partial charge in [0.15, 0.2) is 5.96 Å². The van der Waals surface area contributed by atoms with Gasteiger partial charge in [-0.3, -0.25) is 4.99 Å². The number of aliphatic imine (C=N–C) groups is 1. The predicted octanol–water partition coefficient (Wildman–Crippen LogP) is 2.84. The molecule has 27 heavy (non-hydrogen) atoms. The van der Waals surface area contributed by atoms with Crippen LogP contribution in [-0.4, -0.2) is 35.5 Å². The zero-order valence-electron chi connectivity index (χ0n) is 14.9. The van der Waals surface area contributed by atoms with Crippen LogP contribution in [0.5, 0.6) is 5.75 Å². The van der Waals surface area contributed by atoms with Crippen molar-refractivity contribution in [3.05, 3.63) is 66.1 Å². The molecule has 2 heterocycles. The number of guanidine groups is 1. The van der Waals surface area contributed by atoms with E-state index in [-0.39, 0.29) is 5.75 Å². The maximum absolute atomic E-state index is 12.5. The highest BCUT2D eigenvalue weighted by atomic mass is 19.3. The molecule has 142 valence electrons. The van der Waals surface area contributed by atoms with E-state index in [0.29, 0.717) is 24.6 Å². The number of rotatable bonds is 7. The zero-order chi connectivity index (χ0) is 19.1. The molecule has 0 spiro atoms. The van der Waals surface area contributed by atoms with Crippen LogP contribution >= 0.6 is 0 Å². The first kappa shape index (κ1) is 18.6. The highest BCUT2D eigenvalue weighted by Crippen LogP contribution is 2.19. The number of nitrogens with one attached hydrogen (secondary N) is 2. The molecule has 0 saturated heterocycles. The van der Waals surface area contributed by atoms with Crippen molar-refractivity contribution >= 4 is 11.6 Å². The van der Waals surface area contributed by atoms with E-state index in [1.54, 1.807) is 25.2 Å². The van der Waals surface area contributed by atoms with Crippen molar-refractivity contribution in [2.75, 3.05) is 13.6 Å². The van der Waals surface area contributed by atoms with Crippen molar-refractivity contribution in [3.63, 3.8) is 0 Å². The Kier molecular flexibility index (Phi) is 6.19. The van der Waals surface area contributed by atoms with Gasteiger partial charge in [-0.05, 0) is 18.2 Å². The van der Waals surface area contributed by atoms with E-state index in [4.69, 9.17) is 0 Å². The number of aromatic nitrogens is 2. The largest absolute Gasteiger partial charge is 0.434 e. The Balaban J connectivity index is 1.51. The number of fused-ring (bicyclic) bond motifs is 1. The van der Waals surface area contributed by atoms with Gasteiger partial charge in [-0.1, -0.05) is 24.3 Å². The molecule has 3 aromatic rings. The van der Waals surface area contributed by atoms with Crippen LogP contribution in [0.2, 0.25) is 0 Å². The van der Waals surface area contributed by atoms with Crippen LogP contribution in [0, 0.1) is 0 Å². The third-order valence-electron chi connectivity index (χ3n) is 3.95. The minimum Gasteiger partial charge on any atom is -0.434 e. The average Bonchev–Trinajstić information content (AvgIpc) is 3.08. The second kappa shape index (κ2) is 8.98. The first-order chi connectivity index (χ1) is 13.2. The molecule has 0 aliphatic rings. The van der Waals surface area contributed by atoms with Crippen LogP contribution in [-0.2, 0) is 13.0 Å². The highest BCUT2D eigenvalue weighted by molar-refractivity contribution is 5.79. The zero-order valence-corrected chi connectivity index (χ0v) is 14.9. The molecule has 0 atom stereocenters. The molecule has 0 saturated carbocycles. The monoisotopic (exact) mass is 373 g/mol. The van der Waals surface area contributed by atoms with Crippen LogP contribution in [0.25, 0.3) is 5.65 Å². The van der Waals surface area contributed by atoms with Crippen LogP contribution < -0.4 is 15.4 Å². The molecule has 0 fully saturated rings. The van der Waals surface area contributed by atoms with Gasteiger partial charge in [0.1, 0.15) is 11.4 Å². The SMILES string of the molecule is CN=C(NCCc1cn2ccccc2n1)NCc1ccccc1OC(F)F. The molecule has 0 unspecified atom stereocenters. The lowest BCUT2D eigenvalue weighted by atomic mass is 10.2. The van der Waals surface area contributed by atoms with E-state index < -0.39 is 6.61 Å². The van der Waals surface area contributed by atoms with E-state index in [2.05, 4.69) is 25.3 Å². The maximum Gasteiger partial charge on any atom is 0.387 e. The van der Waals surface area contributed by atoms with Crippen molar-refractivity contribution in [3.8, 4) is 5.75 Å². The smallest absolute Gasteiger partial charge is 0.387 e. The number of alkyl halides is 2. The molecule has 2 N–H and O–H groups in total. The Labute approximate surface area is 155 Å². The fourth-order valence-corrected chi connectivity index (χ4v) is 2.68. The Hall–Kier alpha value is -3.16. The molecule has 2 aromatic heterocycles. The van der Waals surface area contributed by atoms with Crippen molar-refractivity contribution < 1.29 is 13.5 Å². The molecule has 0 radical (unpaired) electrons. The second-order valence-electron chi connectivity index (χ2n) is 5.79. The minimum absolute atomic E-state index is 0.153. The van der Waals surface area contributed by atoms with E-state index >= 15 is 0 Å². The van der Waals surface area contributed by atoms with Crippen LogP contribution in [0.3, 0.4) is 0 Å². The van der Waals surface area contributed by atoms with Gasteiger partial charge in [-0.15, -0.1) is 0 Å². The molecule has 0 bridgehead atoms.